The SMILES string of the molecule is CC[C@@H](C)NC(=O)[C@H](C)N(Cc1ccccc1F)C(=O)CN(c1cccc(C(F)(F)F)c1)S(=O)(=O)c1ccccc1. The lowest BCUT2D eigenvalue weighted by Gasteiger charge is -2.32. The Morgan fingerprint density at radius 1 is 0.927 bits per heavy atom. The van der Waals surface area contributed by atoms with Crippen LogP contribution in [0.25, 0.3) is 0 Å². The van der Waals surface area contributed by atoms with Crippen molar-refractivity contribution in [2.24, 2.45) is 0 Å². The second kappa shape index (κ2) is 13.2. The molecule has 1 N–H and O–H groups in total. The summed E-state index contributed by atoms with van der Waals surface area (Å²) in [7, 11) is -4.55. The molecule has 2 amide bonds. The van der Waals surface area contributed by atoms with Crippen molar-refractivity contribution in [2.75, 3.05) is 10.8 Å². The van der Waals surface area contributed by atoms with Gasteiger partial charge < -0.3 is 10.2 Å². The molecule has 0 spiro atoms. The number of nitrogens with zero attached hydrogens (tertiary/aromatic N) is 2. The minimum absolute atomic E-state index is 0.0700. The number of rotatable bonds is 11. The second-order valence-corrected chi connectivity index (χ2v) is 11.3. The Labute approximate surface area is 236 Å². The van der Waals surface area contributed by atoms with Crippen LogP contribution in [0, 0.1) is 5.82 Å². The summed E-state index contributed by atoms with van der Waals surface area (Å²) in [5.74, 6) is -2.12. The molecule has 7 nitrogen and oxygen atoms in total. The maximum Gasteiger partial charge on any atom is 0.416 e. The number of carbonyl (C=O) groups is 2. The molecule has 0 radical (unpaired) electrons. The van der Waals surface area contributed by atoms with Crippen LogP contribution in [0.15, 0.2) is 83.8 Å². The third-order valence-electron chi connectivity index (χ3n) is 6.54. The molecule has 0 saturated carbocycles. The van der Waals surface area contributed by atoms with Crippen molar-refractivity contribution in [1.29, 1.82) is 0 Å². The molecule has 0 unspecified atom stereocenters. The molecule has 0 aromatic heterocycles. The van der Waals surface area contributed by atoms with Gasteiger partial charge in [-0.2, -0.15) is 13.2 Å². The lowest BCUT2D eigenvalue weighted by atomic mass is 10.1. The zero-order chi connectivity index (χ0) is 30.4. The van der Waals surface area contributed by atoms with Crippen LogP contribution in [0.1, 0.15) is 38.3 Å². The molecule has 3 rings (SSSR count). The monoisotopic (exact) mass is 593 g/mol. The van der Waals surface area contributed by atoms with Gasteiger partial charge in [0.25, 0.3) is 10.0 Å². The lowest BCUT2D eigenvalue weighted by Crippen LogP contribution is -2.52. The Balaban J connectivity index is 2.08. The van der Waals surface area contributed by atoms with E-state index in [1.165, 1.54) is 49.4 Å². The van der Waals surface area contributed by atoms with Crippen molar-refractivity contribution >= 4 is 27.5 Å². The summed E-state index contributed by atoms with van der Waals surface area (Å²) in [5.41, 5.74) is -1.44. The van der Waals surface area contributed by atoms with Crippen LogP contribution in [-0.4, -0.2) is 43.8 Å². The van der Waals surface area contributed by atoms with E-state index >= 15 is 0 Å². The largest absolute Gasteiger partial charge is 0.416 e. The molecule has 220 valence electrons. The van der Waals surface area contributed by atoms with Crippen LogP contribution in [0.2, 0.25) is 0 Å². The molecule has 3 aromatic carbocycles. The van der Waals surface area contributed by atoms with Crippen molar-refractivity contribution in [1.82, 2.24) is 10.2 Å². The lowest BCUT2D eigenvalue weighted by molar-refractivity contribution is -0.139. The molecule has 0 saturated heterocycles. The summed E-state index contributed by atoms with van der Waals surface area (Å²) in [6.07, 6.45) is -4.18. The van der Waals surface area contributed by atoms with Gasteiger partial charge in [0.1, 0.15) is 18.4 Å². The first-order chi connectivity index (χ1) is 19.3. The molecule has 12 heteroatoms. The molecular weight excluding hydrogens is 562 g/mol. The molecule has 2 atom stereocenters. The fourth-order valence-corrected chi connectivity index (χ4v) is 5.37. The number of alkyl halides is 3. The summed E-state index contributed by atoms with van der Waals surface area (Å²) in [6, 6.07) is 14.7. The van der Waals surface area contributed by atoms with Gasteiger partial charge >= 0.3 is 6.18 Å². The highest BCUT2D eigenvalue weighted by Gasteiger charge is 2.35. The fraction of sp³-hybridized carbons (Fsp3) is 0.310. The first-order valence-corrected chi connectivity index (χ1v) is 14.3. The van der Waals surface area contributed by atoms with E-state index in [1.54, 1.807) is 19.1 Å². The second-order valence-electron chi connectivity index (χ2n) is 9.48. The standard InChI is InChI=1S/C29H31F4N3O4S/c1-4-20(2)34-28(38)21(3)35(18-22-11-8-9-16-26(22)30)27(37)19-36(41(39,40)25-14-6-5-7-15-25)24-13-10-12-23(17-24)29(31,32)33/h5-17,20-21H,4,18-19H2,1-3H3,(H,34,38)/t20-,21+/m1/s1. The predicted molar refractivity (Wildman–Crippen MR) is 147 cm³/mol. The quantitative estimate of drug-likeness (QED) is 0.303. The molecule has 0 aliphatic rings. The van der Waals surface area contributed by atoms with Gasteiger partial charge in [-0.1, -0.05) is 49.4 Å². The third-order valence-corrected chi connectivity index (χ3v) is 8.33. The van der Waals surface area contributed by atoms with Crippen LogP contribution < -0.4 is 9.62 Å². The number of hydrogen-bond donors (Lipinski definition) is 1. The number of hydrogen-bond acceptors (Lipinski definition) is 4. The van der Waals surface area contributed by atoms with E-state index in [0.29, 0.717) is 16.8 Å². The normalized spacial score (nSPS) is 13.2. The molecule has 0 aliphatic carbocycles. The number of benzene rings is 3. The number of halogens is 4. The first kappa shape index (κ1) is 31.6. The first-order valence-electron chi connectivity index (χ1n) is 12.8. The van der Waals surface area contributed by atoms with Crippen molar-refractivity contribution < 1.29 is 35.6 Å². The van der Waals surface area contributed by atoms with Gasteiger partial charge in [-0.3, -0.25) is 13.9 Å². The van der Waals surface area contributed by atoms with Crippen LogP contribution >= 0.6 is 0 Å². The highest BCUT2D eigenvalue weighted by Crippen LogP contribution is 2.33. The average Bonchev–Trinajstić information content (AvgIpc) is 2.94. The van der Waals surface area contributed by atoms with Crippen molar-refractivity contribution in [3.05, 3.63) is 95.8 Å². The van der Waals surface area contributed by atoms with Crippen molar-refractivity contribution in [3.8, 4) is 0 Å². The van der Waals surface area contributed by atoms with E-state index in [1.807, 2.05) is 6.92 Å². The van der Waals surface area contributed by atoms with E-state index in [2.05, 4.69) is 5.32 Å². The minimum Gasteiger partial charge on any atom is -0.352 e. The number of sulfonamides is 1. The van der Waals surface area contributed by atoms with E-state index in [0.717, 1.165) is 23.1 Å². The average molecular weight is 594 g/mol. The summed E-state index contributed by atoms with van der Waals surface area (Å²) in [5, 5.41) is 2.75. The van der Waals surface area contributed by atoms with Gasteiger partial charge in [-0.05, 0) is 56.7 Å². The van der Waals surface area contributed by atoms with Gasteiger partial charge in [-0.15, -0.1) is 0 Å². The highest BCUT2D eigenvalue weighted by atomic mass is 32.2. The van der Waals surface area contributed by atoms with Crippen molar-refractivity contribution in [2.45, 2.75) is 56.9 Å². The maximum atomic E-state index is 14.6. The van der Waals surface area contributed by atoms with Crippen molar-refractivity contribution in [3.63, 3.8) is 0 Å². The molecule has 0 aliphatic heterocycles. The molecule has 41 heavy (non-hydrogen) atoms. The Morgan fingerprint density at radius 2 is 1.56 bits per heavy atom. The zero-order valence-corrected chi connectivity index (χ0v) is 23.5. The third kappa shape index (κ3) is 7.84. The number of nitrogens with one attached hydrogen (secondary N) is 1. The van der Waals surface area contributed by atoms with Crippen LogP contribution in [0.5, 0.6) is 0 Å². The number of anilines is 1. The van der Waals surface area contributed by atoms with Crippen LogP contribution in [0.4, 0.5) is 23.2 Å². The fourth-order valence-electron chi connectivity index (χ4n) is 3.94. The van der Waals surface area contributed by atoms with Gasteiger partial charge in [-0.25, -0.2) is 12.8 Å². The summed E-state index contributed by atoms with van der Waals surface area (Å²) in [4.78, 5) is 27.6. The van der Waals surface area contributed by atoms with E-state index in [9.17, 15) is 35.6 Å². The predicted octanol–water partition coefficient (Wildman–Crippen LogP) is 5.37. The minimum atomic E-state index is -4.78. The van der Waals surface area contributed by atoms with E-state index < -0.39 is 57.7 Å². The number of carbonyl (C=O) groups excluding carboxylic acids is 2. The molecule has 0 bridgehead atoms. The Morgan fingerprint density at radius 3 is 2.17 bits per heavy atom. The molecule has 0 fully saturated rings. The zero-order valence-electron chi connectivity index (χ0n) is 22.7. The van der Waals surface area contributed by atoms with Gasteiger partial charge in [0.2, 0.25) is 11.8 Å². The Bertz CT molecular complexity index is 1470. The smallest absolute Gasteiger partial charge is 0.352 e. The van der Waals surface area contributed by atoms with Gasteiger partial charge in [0.05, 0.1) is 16.1 Å². The molecular formula is C29H31F4N3O4S. The molecule has 3 aromatic rings. The molecule has 0 heterocycles. The topological polar surface area (TPSA) is 86.8 Å². The number of amides is 2. The van der Waals surface area contributed by atoms with Gasteiger partial charge in [0.15, 0.2) is 0 Å². The summed E-state index contributed by atoms with van der Waals surface area (Å²) in [6.45, 7) is 3.68. The Hall–Kier alpha value is -3.93. The highest BCUT2D eigenvalue weighted by molar-refractivity contribution is 7.92. The maximum absolute atomic E-state index is 14.6. The summed E-state index contributed by atoms with van der Waals surface area (Å²) >= 11 is 0. The van der Waals surface area contributed by atoms with Crippen LogP contribution in [-0.2, 0) is 32.3 Å². The van der Waals surface area contributed by atoms with Gasteiger partial charge in [0, 0.05) is 18.2 Å². The van der Waals surface area contributed by atoms with Crippen LogP contribution in [0.3, 0.4) is 0 Å². The summed E-state index contributed by atoms with van der Waals surface area (Å²) < 4.78 is 83.1. The van der Waals surface area contributed by atoms with E-state index in [-0.39, 0.29) is 23.0 Å². The Kier molecular flexibility index (Phi) is 10.1. The van der Waals surface area contributed by atoms with E-state index in [4.69, 9.17) is 0 Å².